The van der Waals surface area contributed by atoms with Crippen LogP contribution < -0.4 is 9.64 Å². The van der Waals surface area contributed by atoms with E-state index in [0.717, 1.165) is 15.4 Å². The predicted molar refractivity (Wildman–Crippen MR) is 152 cm³/mol. The number of hydrogen-bond acceptors (Lipinski definition) is 5. The monoisotopic (exact) mass is 579 g/mol. The van der Waals surface area contributed by atoms with Crippen LogP contribution >= 0.6 is 15.9 Å². The molecule has 0 saturated heterocycles. The zero-order valence-corrected chi connectivity index (χ0v) is 22.4. The molecule has 1 atom stereocenters. The number of ether oxygens (including phenoxy) is 1. The first-order valence-corrected chi connectivity index (χ1v) is 13.1. The molecule has 39 heavy (non-hydrogen) atoms. The van der Waals surface area contributed by atoms with Gasteiger partial charge in [-0.25, -0.2) is 0 Å². The molecule has 1 aliphatic rings. The van der Waals surface area contributed by atoms with Crippen LogP contribution in [0.3, 0.4) is 0 Å². The van der Waals surface area contributed by atoms with E-state index in [1.165, 1.54) is 4.90 Å². The number of ketones is 1. The van der Waals surface area contributed by atoms with E-state index < -0.39 is 23.5 Å². The number of para-hydroxylation sites is 1. The quantitative estimate of drug-likeness (QED) is 0.206. The van der Waals surface area contributed by atoms with Crippen LogP contribution in [0.25, 0.3) is 11.0 Å². The lowest BCUT2D eigenvalue weighted by molar-refractivity contribution is -0.117. The SMILES string of the molecule is Cc1cccc(C2C(C(=O)c3cc4cc(Br)ccc4o3)=C(O)C(=O)N2c2ccc(Oc3ccccc3)cc2)c1. The number of aliphatic hydroxyl groups excluding tert-OH is 1. The van der Waals surface area contributed by atoms with Crippen LogP contribution in [-0.2, 0) is 4.79 Å². The Balaban J connectivity index is 1.40. The molecule has 0 spiro atoms. The molecule has 0 saturated carbocycles. The van der Waals surface area contributed by atoms with Gasteiger partial charge in [0.2, 0.25) is 5.78 Å². The van der Waals surface area contributed by atoms with Crippen LogP contribution in [0.4, 0.5) is 5.69 Å². The highest BCUT2D eigenvalue weighted by molar-refractivity contribution is 9.10. The van der Waals surface area contributed by atoms with Crippen molar-refractivity contribution in [1.29, 1.82) is 0 Å². The van der Waals surface area contributed by atoms with Gasteiger partial charge in [-0.15, -0.1) is 0 Å². The molecule has 4 aromatic carbocycles. The highest BCUT2D eigenvalue weighted by atomic mass is 79.9. The summed E-state index contributed by atoms with van der Waals surface area (Å²) in [6, 6.07) is 30.1. The zero-order valence-electron chi connectivity index (χ0n) is 20.8. The molecule has 5 aromatic rings. The summed E-state index contributed by atoms with van der Waals surface area (Å²) in [5.74, 6) is -0.497. The van der Waals surface area contributed by atoms with Crippen molar-refractivity contribution in [3.8, 4) is 11.5 Å². The second-order valence-electron chi connectivity index (χ2n) is 9.29. The molecule has 6 nitrogen and oxygen atoms in total. The standard InChI is InChI=1S/C32H22BrNO5/c1-19-6-5-7-20(16-19)29-28(30(35)27-18-21-17-22(33)10-15-26(21)39-27)31(36)32(37)34(29)23-11-13-25(14-12-23)38-24-8-3-2-4-9-24/h2-18,29,36H,1H3. The maximum Gasteiger partial charge on any atom is 0.294 e. The number of Topliss-reactive ketones (excluding diaryl/α,β-unsaturated/α-hetero) is 1. The molecule has 1 aromatic heterocycles. The summed E-state index contributed by atoms with van der Waals surface area (Å²) >= 11 is 3.43. The second kappa shape index (κ2) is 9.93. The van der Waals surface area contributed by atoms with Gasteiger partial charge in [-0.05, 0) is 73.2 Å². The number of fused-ring (bicyclic) bond motifs is 1. The Morgan fingerprint density at radius 1 is 0.897 bits per heavy atom. The fourth-order valence-electron chi connectivity index (χ4n) is 4.82. The third-order valence-electron chi connectivity index (χ3n) is 6.61. The number of amides is 1. The van der Waals surface area contributed by atoms with Crippen molar-refractivity contribution < 1.29 is 23.8 Å². The van der Waals surface area contributed by atoms with Crippen LogP contribution in [0, 0.1) is 6.92 Å². The molecule has 0 fully saturated rings. The van der Waals surface area contributed by atoms with Crippen LogP contribution in [0.1, 0.15) is 27.7 Å². The zero-order chi connectivity index (χ0) is 27.1. The first-order valence-electron chi connectivity index (χ1n) is 12.3. The summed E-state index contributed by atoms with van der Waals surface area (Å²) in [4.78, 5) is 28.8. The maximum atomic E-state index is 13.8. The number of rotatable bonds is 6. The molecule has 2 heterocycles. The molecule has 0 radical (unpaired) electrons. The first kappa shape index (κ1) is 24.7. The molecule has 1 aliphatic heterocycles. The highest BCUT2D eigenvalue weighted by Gasteiger charge is 2.45. The molecule has 7 heteroatoms. The van der Waals surface area contributed by atoms with E-state index in [2.05, 4.69) is 15.9 Å². The van der Waals surface area contributed by atoms with Crippen molar-refractivity contribution >= 4 is 44.3 Å². The van der Waals surface area contributed by atoms with Crippen LogP contribution in [0.2, 0.25) is 0 Å². The lowest BCUT2D eigenvalue weighted by atomic mass is 9.94. The van der Waals surface area contributed by atoms with Gasteiger partial charge in [0.05, 0.1) is 11.6 Å². The second-order valence-corrected chi connectivity index (χ2v) is 10.2. The number of hydrogen-bond donors (Lipinski definition) is 1. The van der Waals surface area contributed by atoms with Gasteiger partial charge < -0.3 is 14.3 Å². The van der Waals surface area contributed by atoms with Crippen LogP contribution in [-0.4, -0.2) is 16.8 Å². The summed E-state index contributed by atoms with van der Waals surface area (Å²) in [6.45, 7) is 1.93. The van der Waals surface area contributed by atoms with Crippen molar-refractivity contribution in [2.45, 2.75) is 13.0 Å². The molecular weight excluding hydrogens is 558 g/mol. The van der Waals surface area contributed by atoms with Crippen molar-refractivity contribution in [1.82, 2.24) is 0 Å². The lowest BCUT2D eigenvalue weighted by Gasteiger charge is -2.27. The average molecular weight is 580 g/mol. The topological polar surface area (TPSA) is 80.0 Å². The number of furan rings is 1. The maximum absolute atomic E-state index is 13.8. The lowest BCUT2D eigenvalue weighted by Crippen LogP contribution is -2.31. The largest absolute Gasteiger partial charge is 0.503 e. The van der Waals surface area contributed by atoms with Crippen molar-refractivity contribution in [3.05, 3.63) is 136 Å². The number of benzene rings is 4. The smallest absolute Gasteiger partial charge is 0.294 e. The van der Waals surface area contributed by atoms with E-state index in [0.29, 0.717) is 28.3 Å². The minimum absolute atomic E-state index is 0.0340. The van der Waals surface area contributed by atoms with Gasteiger partial charge in [0.25, 0.3) is 5.91 Å². The minimum atomic E-state index is -0.856. The first-order chi connectivity index (χ1) is 18.9. The van der Waals surface area contributed by atoms with Crippen molar-refractivity contribution in [3.63, 3.8) is 0 Å². The predicted octanol–water partition coefficient (Wildman–Crippen LogP) is 8.08. The number of aliphatic hydroxyl groups is 1. The summed E-state index contributed by atoms with van der Waals surface area (Å²) in [5.41, 5.74) is 2.66. The normalized spacial score (nSPS) is 15.3. The van der Waals surface area contributed by atoms with Gasteiger partial charge in [0.1, 0.15) is 17.1 Å². The Labute approximate surface area is 232 Å². The fraction of sp³-hybridized carbons (Fsp3) is 0.0625. The van der Waals surface area contributed by atoms with Crippen LogP contribution in [0.15, 0.2) is 123 Å². The van der Waals surface area contributed by atoms with Gasteiger partial charge in [-0.3, -0.25) is 14.5 Å². The number of carbonyl (C=O) groups excluding carboxylic acids is 2. The Hall–Kier alpha value is -4.62. The Bertz CT molecular complexity index is 1750. The summed E-state index contributed by atoms with van der Waals surface area (Å²) in [7, 11) is 0. The van der Waals surface area contributed by atoms with E-state index in [9.17, 15) is 14.7 Å². The van der Waals surface area contributed by atoms with Gasteiger partial charge in [0.15, 0.2) is 11.5 Å². The minimum Gasteiger partial charge on any atom is -0.503 e. The Kier molecular flexibility index (Phi) is 6.29. The summed E-state index contributed by atoms with van der Waals surface area (Å²) in [5, 5.41) is 11.8. The van der Waals surface area contributed by atoms with E-state index in [1.54, 1.807) is 36.4 Å². The van der Waals surface area contributed by atoms with Crippen molar-refractivity contribution in [2.75, 3.05) is 4.90 Å². The number of nitrogens with zero attached hydrogens (tertiary/aromatic N) is 1. The van der Waals surface area contributed by atoms with E-state index in [4.69, 9.17) is 9.15 Å². The summed E-state index contributed by atoms with van der Waals surface area (Å²) < 4.78 is 12.6. The molecule has 0 aliphatic carbocycles. The van der Waals surface area contributed by atoms with Crippen molar-refractivity contribution in [2.24, 2.45) is 0 Å². The average Bonchev–Trinajstić information content (AvgIpc) is 3.48. The molecule has 1 amide bonds. The summed E-state index contributed by atoms with van der Waals surface area (Å²) in [6.07, 6.45) is 0. The number of anilines is 1. The molecule has 6 rings (SSSR count). The number of halogens is 1. The Morgan fingerprint density at radius 3 is 2.38 bits per heavy atom. The Morgan fingerprint density at radius 2 is 1.64 bits per heavy atom. The number of carbonyl (C=O) groups is 2. The number of aryl methyl sites for hydroxylation is 1. The van der Waals surface area contributed by atoms with Crippen LogP contribution in [0.5, 0.6) is 11.5 Å². The molecule has 1 unspecified atom stereocenters. The molecule has 1 N–H and O–H groups in total. The molecular formula is C32H22BrNO5. The third-order valence-corrected chi connectivity index (χ3v) is 7.10. The van der Waals surface area contributed by atoms with E-state index in [1.807, 2.05) is 73.7 Å². The van der Waals surface area contributed by atoms with E-state index in [-0.39, 0.29) is 11.3 Å². The van der Waals surface area contributed by atoms with Gasteiger partial charge in [0, 0.05) is 15.5 Å². The molecule has 192 valence electrons. The van der Waals surface area contributed by atoms with Gasteiger partial charge in [-0.1, -0.05) is 64.0 Å². The van der Waals surface area contributed by atoms with Gasteiger partial charge in [-0.2, -0.15) is 0 Å². The molecule has 0 bridgehead atoms. The third kappa shape index (κ3) is 4.62. The highest BCUT2D eigenvalue weighted by Crippen LogP contribution is 2.43. The fourth-order valence-corrected chi connectivity index (χ4v) is 5.20. The van der Waals surface area contributed by atoms with E-state index >= 15 is 0 Å². The van der Waals surface area contributed by atoms with Gasteiger partial charge >= 0.3 is 0 Å².